The minimum absolute atomic E-state index is 0.0725. The lowest BCUT2D eigenvalue weighted by atomic mass is 10.0. The van der Waals surface area contributed by atoms with Crippen LogP contribution >= 0.6 is 12.2 Å². The van der Waals surface area contributed by atoms with Crippen molar-refractivity contribution in [2.75, 3.05) is 29.6 Å². The van der Waals surface area contributed by atoms with Crippen molar-refractivity contribution < 1.29 is 16.8 Å². The molecule has 0 aromatic rings. The van der Waals surface area contributed by atoms with Gasteiger partial charge < -0.3 is 10.2 Å². The molecule has 0 saturated carbocycles. The number of hydrogen-bond donors (Lipinski definition) is 1. The van der Waals surface area contributed by atoms with Gasteiger partial charge in [0.2, 0.25) is 0 Å². The van der Waals surface area contributed by atoms with Crippen LogP contribution in [0.2, 0.25) is 0 Å². The lowest BCUT2D eigenvalue weighted by Gasteiger charge is -2.35. The van der Waals surface area contributed by atoms with E-state index >= 15 is 0 Å². The summed E-state index contributed by atoms with van der Waals surface area (Å²) in [5, 5.41) is 3.66. The Labute approximate surface area is 138 Å². The second kappa shape index (κ2) is 6.24. The van der Waals surface area contributed by atoms with Gasteiger partial charge in [-0.2, -0.15) is 0 Å². The van der Waals surface area contributed by atoms with Gasteiger partial charge in [-0.3, -0.25) is 0 Å². The fraction of sp³-hybridized carbons (Fsp3) is 0.923. The van der Waals surface area contributed by atoms with Gasteiger partial charge in [0.05, 0.1) is 28.6 Å². The van der Waals surface area contributed by atoms with Crippen LogP contribution in [0.1, 0.15) is 33.1 Å². The van der Waals surface area contributed by atoms with E-state index in [0.29, 0.717) is 24.5 Å². The maximum atomic E-state index is 11.7. The second-order valence-electron chi connectivity index (χ2n) is 6.58. The average molecular weight is 369 g/mol. The highest BCUT2D eigenvalue weighted by Crippen LogP contribution is 2.24. The van der Waals surface area contributed by atoms with Crippen molar-refractivity contribution in [1.29, 1.82) is 0 Å². The Morgan fingerprint density at radius 1 is 1.27 bits per heavy atom. The van der Waals surface area contributed by atoms with Crippen molar-refractivity contribution in [3.05, 3.63) is 0 Å². The van der Waals surface area contributed by atoms with E-state index in [9.17, 15) is 16.8 Å². The SMILES string of the molecule is CCCN(C(=S)N[C@]1(C)CCS(=O)(=O)C1)[C@H]1CCS(=O)(=O)C1. The first kappa shape index (κ1) is 17.9. The molecule has 0 bridgehead atoms. The first-order valence-corrected chi connectivity index (χ1v) is 11.6. The third-order valence-electron chi connectivity index (χ3n) is 4.29. The molecule has 9 heteroatoms. The third-order valence-corrected chi connectivity index (χ3v) is 8.28. The lowest BCUT2D eigenvalue weighted by molar-refractivity contribution is 0.315. The van der Waals surface area contributed by atoms with E-state index < -0.39 is 25.2 Å². The molecule has 2 saturated heterocycles. The highest BCUT2D eigenvalue weighted by Gasteiger charge is 2.40. The molecular formula is C13H24N2O4S3. The number of rotatable bonds is 4. The van der Waals surface area contributed by atoms with Crippen molar-refractivity contribution in [1.82, 2.24) is 10.2 Å². The van der Waals surface area contributed by atoms with Gasteiger partial charge in [0.25, 0.3) is 0 Å². The van der Waals surface area contributed by atoms with Gasteiger partial charge in [-0.05, 0) is 38.4 Å². The summed E-state index contributed by atoms with van der Waals surface area (Å²) in [6.45, 7) is 4.55. The van der Waals surface area contributed by atoms with Crippen molar-refractivity contribution >= 4 is 37.0 Å². The molecule has 22 heavy (non-hydrogen) atoms. The van der Waals surface area contributed by atoms with Gasteiger partial charge in [-0.25, -0.2) is 16.8 Å². The smallest absolute Gasteiger partial charge is 0.169 e. The Bertz CT molecular complexity index is 644. The van der Waals surface area contributed by atoms with Gasteiger partial charge in [-0.1, -0.05) is 6.92 Å². The maximum Gasteiger partial charge on any atom is 0.169 e. The molecule has 6 nitrogen and oxygen atoms in total. The zero-order chi connectivity index (χ0) is 16.6. The van der Waals surface area contributed by atoms with E-state index in [1.807, 2.05) is 18.7 Å². The fourth-order valence-corrected chi connectivity index (χ4v) is 7.46. The lowest BCUT2D eigenvalue weighted by Crippen LogP contribution is -2.55. The molecule has 2 heterocycles. The van der Waals surface area contributed by atoms with Crippen LogP contribution in [0.15, 0.2) is 0 Å². The average Bonchev–Trinajstić information content (AvgIpc) is 2.85. The minimum atomic E-state index is -3.01. The van der Waals surface area contributed by atoms with E-state index in [0.717, 1.165) is 6.42 Å². The zero-order valence-electron chi connectivity index (χ0n) is 13.0. The summed E-state index contributed by atoms with van der Waals surface area (Å²) in [7, 11) is -5.99. The van der Waals surface area contributed by atoms with Crippen LogP contribution in [0.3, 0.4) is 0 Å². The van der Waals surface area contributed by atoms with Gasteiger partial charge in [0.1, 0.15) is 0 Å². The van der Waals surface area contributed by atoms with Crippen LogP contribution in [0, 0.1) is 0 Å². The molecule has 128 valence electrons. The minimum Gasteiger partial charge on any atom is -0.356 e. The molecule has 0 aliphatic carbocycles. The predicted octanol–water partition coefficient (Wildman–Crippen LogP) is 0.337. The molecule has 0 unspecified atom stereocenters. The number of hydrogen-bond acceptors (Lipinski definition) is 5. The van der Waals surface area contributed by atoms with Crippen LogP contribution in [0.25, 0.3) is 0 Å². The molecule has 0 aromatic carbocycles. The first-order chi connectivity index (χ1) is 10.1. The Morgan fingerprint density at radius 3 is 2.41 bits per heavy atom. The fourth-order valence-electron chi connectivity index (χ4n) is 3.15. The number of thiocarbonyl (C=S) groups is 1. The van der Waals surface area contributed by atoms with Crippen LogP contribution in [-0.4, -0.2) is 68.0 Å². The van der Waals surface area contributed by atoms with Crippen LogP contribution in [0.5, 0.6) is 0 Å². The third kappa shape index (κ3) is 4.32. The molecule has 2 atom stereocenters. The van der Waals surface area contributed by atoms with Crippen molar-refractivity contribution in [3.8, 4) is 0 Å². The van der Waals surface area contributed by atoms with E-state index in [1.54, 1.807) is 0 Å². The normalized spacial score (nSPS) is 32.7. The van der Waals surface area contributed by atoms with Crippen molar-refractivity contribution in [2.45, 2.75) is 44.7 Å². The largest absolute Gasteiger partial charge is 0.356 e. The molecule has 1 N–H and O–H groups in total. The van der Waals surface area contributed by atoms with Crippen LogP contribution in [-0.2, 0) is 19.7 Å². The highest BCUT2D eigenvalue weighted by atomic mass is 32.2. The van der Waals surface area contributed by atoms with Crippen LogP contribution in [0.4, 0.5) is 0 Å². The number of nitrogens with one attached hydrogen (secondary N) is 1. The van der Waals surface area contributed by atoms with Gasteiger partial charge >= 0.3 is 0 Å². The summed E-state index contributed by atoms with van der Waals surface area (Å²) in [5.74, 6) is 0.573. The highest BCUT2D eigenvalue weighted by molar-refractivity contribution is 7.92. The Morgan fingerprint density at radius 2 is 1.95 bits per heavy atom. The Balaban J connectivity index is 2.08. The van der Waals surface area contributed by atoms with Gasteiger partial charge in [-0.15, -0.1) is 0 Å². The predicted molar refractivity (Wildman–Crippen MR) is 91.5 cm³/mol. The van der Waals surface area contributed by atoms with Crippen molar-refractivity contribution in [2.24, 2.45) is 0 Å². The second-order valence-corrected chi connectivity index (χ2v) is 11.4. The summed E-state index contributed by atoms with van der Waals surface area (Å²) in [6.07, 6.45) is 1.96. The Hall–Kier alpha value is -0.410. The molecule has 0 spiro atoms. The summed E-state index contributed by atoms with van der Waals surface area (Å²) >= 11 is 5.46. The standard InChI is InChI=1S/C13H24N2O4S3/c1-3-6-15(11-4-7-21(16,17)9-11)12(20)14-13(2)5-8-22(18,19)10-13/h11H,3-10H2,1-2H3,(H,14,20)/t11-,13+/m0/s1. The van der Waals surface area contributed by atoms with Gasteiger partial charge in [0, 0.05) is 12.6 Å². The summed E-state index contributed by atoms with van der Waals surface area (Å²) in [5.41, 5.74) is -0.556. The Kier molecular flexibility index (Phi) is 5.09. The quantitative estimate of drug-likeness (QED) is 0.716. The molecule has 2 aliphatic rings. The molecule has 2 fully saturated rings. The summed E-state index contributed by atoms with van der Waals surface area (Å²) in [4.78, 5) is 1.93. The van der Waals surface area contributed by atoms with Crippen molar-refractivity contribution in [3.63, 3.8) is 0 Å². The molecule has 0 amide bonds. The van der Waals surface area contributed by atoms with Gasteiger partial charge in [0.15, 0.2) is 24.8 Å². The van der Waals surface area contributed by atoms with E-state index in [1.165, 1.54) is 0 Å². The number of nitrogens with zero attached hydrogens (tertiary/aromatic N) is 1. The first-order valence-electron chi connectivity index (χ1n) is 7.55. The molecule has 0 radical (unpaired) electrons. The summed E-state index contributed by atoms with van der Waals surface area (Å²) in [6, 6.07) is -0.105. The maximum absolute atomic E-state index is 11.7. The zero-order valence-corrected chi connectivity index (χ0v) is 15.5. The summed E-state index contributed by atoms with van der Waals surface area (Å²) < 4.78 is 46.8. The topological polar surface area (TPSA) is 83.6 Å². The van der Waals surface area contributed by atoms with E-state index in [-0.39, 0.29) is 29.1 Å². The van der Waals surface area contributed by atoms with E-state index in [2.05, 4.69) is 5.32 Å². The van der Waals surface area contributed by atoms with E-state index in [4.69, 9.17) is 12.2 Å². The molecule has 0 aromatic heterocycles. The molecule has 2 aliphatic heterocycles. The number of sulfone groups is 2. The van der Waals surface area contributed by atoms with Crippen LogP contribution < -0.4 is 5.32 Å². The monoisotopic (exact) mass is 368 g/mol. The molecular weight excluding hydrogens is 344 g/mol. The molecule has 2 rings (SSSR count).